The van der Waals surface area contributed by atoms with Crippen LogP contribution in [0.4, 0.5) is 0 Å². The Balaban J connectivity index is 2.29. The largest absolute Gasteiger partial charge is 0.392 e. The number of sulfonamides is 1. The van der Waals surface area contributed by atoms with Crippen molar-refractivity contribution in [3.63, 3.8) is 0 Å². The first-order valence-corrected chi connectivity index (χ1v) is 7.26. The fraction of sp³-hybridized carbons (Fsp3) is 0.455. The van der Waals surface area contributed by atoms with Crippen LogP contribution in [-0.4, -0.2) is 37.0 Å². The Bertz CT molecular complexity index is 503. The summed E-state index contributed by atoms with van der Waals surface area (Å²) in [7, 11) is -3.53. The monoisotopic (exact) mass is 275 g/mol. The van der Waals surface area contributed by atoms with Crippen LogP contribution < -0.4 is 0 Å². The minimum absolute atomic E-state index is 0.162. The van der Waals surface area contributed by atoms with Gasteiger partial charge < -0.3 is 5.11 Å². The first kappa shape index (κ1) is 12.8. The molecule has 1 heterocycles. The number of hydrogen-bond donors (Lipinski definition) is 1. The lowest BCUT2D eigenvalue weighted by molar-refractivity contribution is 0.108. The molecular formula is C11H14ClNO3S. The van der Waals surface area contributed by atoms with Crippen LogP contribution in [0.2, 0.25) is 5.02 Å². The Hall–Kier alpha value is -0.620. The summed E-state index contributed by atoms with van der Waals surface area (Å²) in [4.78, 5) is 0.180. The molecule has 1 aromatic rings. The molecule has 0 bridgehead atoms. The molecular weight excluding hydrogens is 262 g/mol. The molecule has 6 heteroatoms. The molecule has 1 N–H and O–H groups in total. The quantitative estimate of drug-likeness (QED) is 0.890. The highest BCUT2D eigenvalue weighted by molar-refractivity contribution is 7.89. The first-order chi connectivity index (χ1) is 8.00. The second kappa shape index (κ2) is 4.94. The number of piperidine rings is 1. The minimum Gasteiger partial charge on any atom is -0.392 e. The van der Waals surface area contributed by atoms with Gasteiger partial charge in [0.2, 0.25) is 10.0 Å². The number of aliphatic hydroxyl groups excluding tert-OH is 1. The maximum Gasteiger partial charge on any atom is 0.243 e. The highest BCUT2D eigenvalue weighted by Crippen LogP contribution is 2.22. The summed E-state index contributed by atoms with van der Waals surface area (Å²) in [5, 5.41) is 9.90. The number of rotatable bonds is 2. The second-order valence-electron chi connectivity index (χ2n) is 4.12. The first-order valence-electron chi connectivity index (χ1n) is 5.44. The molecule has 2 rings (SSSR count). The van der Waals surface area contributed by atoms with Gasteiger partial charge in [0.05, 0.1) is 11.0 Å². The smallest absolute Gasteiger partial charge is 0.243 e. The lowest BCUT2D eigenvalue weighted by atomic mass is 10.1. The van der Waals surface area contributed by atoms with Crippen LogP contribution in [0, 0.1) is 0 Å². The van der Waals surface area contributed by atoms with Crippen molar-refractivity contribution in [2.75, 3.05) is 13.1 Å². The number of hydrogen-bond acceptors (Lipinski definition) is 3. The molecule has 4 nitrogen and oxygen atoms in total. The molecule has 1 atom stereocenters. The van der Waals surface area contributed by atoms with Gasteiger partial charge in [-0.2, -0.15) is 4.31 Å². The molecule has 1 unspecified atom stereocenters. The van der Waals surface area contributed by atoms with Crippen molar-refractivity contribution in [1.82, 2.24) is 4.31 Å². The second-order valence-corrected chi connectivity index (χ2v) is 6.49. The highest BCUT2D eigenvalue weighted by Gasteiger charge is 2.29. The third kappa shape index (κ3) is 2.80. The van der Waals surface area contributed by atoms with E-state index in [0.29, 0.717) is 24.4 Å². The molecule has 1 saturated heterocycles. The van der Waals surface area contributed by atoms with Crippen molar-refractivity contribution < 1.29 is 13.5 Å². The molecule has 0 radical (unpaired) electrons. The van der Waals surface area contributed by atoms with Crippen molar-refractivity contribution in [3.8, 4) is 0 Å². The van der Waals surface area contributed by atoms with Crippen LogP contribution in [0.5, 0.6) is 0 Å². The van der Waals surface area contributed by atoms with Crippen LogP contribution in [0.15, 0.2) is 29.2 Å². The molecule has 0 aromatic heterocycles. The van der Waals surface area contributed by atoms with Gasteiger partial charge >= 0.3 is 0 Å². The third-order valence-electron chi connectivity index (χ3n) is 2.79. The van der Waals surface area contributed by atoms with E-state index in [1.807, 2.05) is 0 Å². The zero-order chi connectivity index (χ0) is 12.5. The Morgan fingerprint density at radius 2 is 2.18 bits per heavy atom. The molecule has 0 aliphatic carbocycles. The van der Waals surface area contributed by atoms with E-state index in [1.54, 1.807) is 12.1 Å². The summed E-state index contributed by atoms with van der Waals surface area (Å²) in [6, 6.07) is 6.18. The van der Waals surface area contributed by atoms with E-state index < -0.39 is 16.1 Å². The summed E-state index contributed by atoms with van der Waals surface area (Å²) >= 11 is 5.79. The summed E-state index contributed by atoms with van der Waals surface area (Å²) in [5.74, 6) is 0. The summed E-state index contributed by atoms with van der Waals surface area (Å²) in [6.45, 7) is 0.612. The Labute approximate surface area is 106 Å². The van der Waals surface area contributed by atoms with E-state index in [-0.39, 0.29) is 11.4 Å². The van der Waals surface area contributed by atoms with Crippen molar-refractivity contribution in [3.05, 3.63) is 29.3 Å². The Kier molecular flexibility index (Phi) is 3.73. The Morgan fingerprint density at radius 1 is 1.41 bits per heavy atom. The standard InChI is InChI=1S/C11H14ClNO3S/c12-9-3-1-5-11(7-9)17(15,16)13-6-2-4-10(14)8-13/h1,3,5,7,10,14H,2,4,6,8H2. The van der Waals surface area contributed by atoms with Crippen molar-refractivity contribution >= 4 is 21.6 Å². The van der Waals surface area contributed by atoms with Crippen molar-refractivity contribution in [2.24, 2.45) is 0 Å². The van der Waals surface area contributed by atoms with Gasteiger partial charge in [-0.1, -0.05) is 17.7 Å². The lowest BCUT2D eigenvalue weighted by Crippen LogP contribution is -2.42. The minimum atomic E-state index is -3.53. The molecule has 94 valence electrons. The van der Waals surface area contributed by atoms with E-state index in [2.05, 4.69) is 0 Å². The van der Waals surface area contributed by atoms with E-state index in [9.17, 15) is 13.5 Å². The molecule has 1 aliphatic rings. The zero-order valence-corrected chi connectivity index (χ0v) is 10.8. The normalized spacial score (nSPS) is 22.6. The van der Waals surface area contributed by atoms with Gasteiger partial charge in [0, 0.05) is 18.1 Å². The number of β-amino-alcohol motifs (C(OH)–C–C–N with tert-alkyl or cyclic N) is 1. The van der Waals surface area contributed by atoms with Crippen molar-refractivity contribution in [2.45, 2.75) is 23.8 Å². The van der Waals surface area contributed by atoms with Crippen LogP contribution in [-0.2, 0) is 10.0 Å². The molecule has 1 fully saturated rings. The van der Waals surface area contributed by atoms with Crippen LogP contribution in [0.25, 0.3) is 0 Å². The van der Waals surface area contributed by atoms with Gasteiger partial charge in [0.25, 0.3) is 0 Å². The third-order valence-corrected chi connectivity index (χ3v) is 4.89. The molecule has 0 saturated carbocycles. The lowest BCUT2D eigenvalue weighted by Gasteiger charge is -2.29. The van der Waals surface area contributed by atoms with Gasteiger partial charge in [-0.15, -0.1) is 0 Å². The van der Waals surface area contributed by atoms with Crippen molar-refractivity contribution in [1.29, 1.82) is 0 Å². The molecule has 0 spiro atoms. The SMILES string of the molecule is O=S(=O)(c1cccc(Cl)c1)N1CCCC(O)C1. The average Bonchev–Trinajstić information content (AvgIpc) is 2.29. The predicted octanol–water partition coefficient (Wildman–Crippen LogP) is 1.49. The highest BCUT2D eigenvalue weighted by atomic mass is 35.5. The summed E-state index contributed by atoms with van der Waals surface area (Å²) in [5.41, 5.74) is 0. The van der Waals surface area contributed by atoms with Gasteiger partial charge in [-0.3, -0.25) is 0 Å². The number of aliphatic hydroxyl groups is 1. The fourth-order valence-corrected chi connectivity index (χ4v) is 3.73. The predicted molar refractivity (Wildman–Crippen MR) is 65.5 cm³/mol. The molecule has 1 aromatic carbocycles. The summed E-state index contributed by atoms with van der Waals surface area (Å²) in [6.07, 6.45) is 0.764. The average molecular weight is 276 g/mol. The van der Waals surface area contributed by atoms with E-state index in [0.717, 1.165) is 0 Å². The van der Waals surface area contributed by atoms with Gasteiger partial charge in [-0.05, 0) is 31.0 Å². The van der Waals surface area contributed by atoms with Crippen LogP contribution in [0.3, 0.4) is 0 Å². The van der Waals surface area contributed by atoms with E-state index >= 15 is 0 Å². The van der Waals surface area contributed by atoms with Gasteiger partial charge in [0.1, 0.15) is 0 Å². The van der Waals surface area contributed by atoms with Gasteiger partial charge in [0.15, 0.2) is 0 Å². The molecule has 0 amide bonds. The van der Waals surface area contributed by atoms with Crippen LogP contribution in [0.1, 0.15) is 12.8 Å². The fourth-order valence-electron chi connectivity index (χ4n) is 1.92. The maximum absolute atomic E-state index is 12.2. The Morgan fingerprint density at radius 3 is 2.82 bits per heavy atom. The van der Waals surface area contributed by atoms with Gasteiger partial charge in [-0.25, -0.2) is 8.42 Å². The molecule has 17 heavy (non-hydrogen) atoms. The summed E-state index contributed by atoms with van der Waals surface area (Å²) < 4.78 is 25.8. The molecule has 1 aliphatic heterocycles. The zero-order valence-electron chi connectivity index (χ0n) is 9.21. The van der Waals surface area contributed by atoms with E-state index in [4.69, 9.17) is 11.6 Å². The number of halogens is 1. The number of nitrogens with zero attached hydrogens (tertiary/aromatic N) is 1. The maximum atomic E-state index is 12.2. The topological polar surface area (TPSA) is 57.6 Å². The number of benzene rings is 1. The van der Waals surface area contributed by atoms with E-state index in [1.165, 1.54) is 16.4 Å². The van der Waals surface area contributed by atoms with Crippen LogP contribution >= 0.6 is 11.6 Å².